The van der Waals surface area contributed by atoms with E-state index in [1.165, 1.54) is 31.3 Å². The first-order chi connectivity index (χ1) is 7.54. The van der Waals surface area contributed by atoms with Gasteiger partial charge in [-0.05, 0) is 19.2 Å². The summed E-state index contributed by atoms with van der Waals surface area (Å²) in [6.45, 7) is 0. The first-order valence-corrected chi connectivity index (χ1v) is 5.23. The Morgan fingerprint density at radius 3 is 2.44 bits per heavy atom. The SMILES string of the molecule is CNC(Sc1ccc([N+](=O)[O-])cc1)C(=O)O. The van der Waals surface area contributed by atoms with E-state index in [1.54, 1.807) is 0 Å². The summed E-state index contributed by atoms with van der Waals surface area (Å²) in [6.07, 6.45) is 0. The molecule has 7 heteroatoms. The predicted molar refractivity (Wildman–Crippen MR) is 59.4 cm³/mol. The van der Waals surface area contributed by atoms with E-state index in [-0.39, 0.29) is 5.69 Å². The monoisotopic (exact) mass is 242 g/mol. The molecule has 6 nitrogen and oxygen atoms in total. The Morgan fingerprint density at radius 1 is 1.50 bits per heavy atom. The first-order valence-electron chi connectivity index (χ1n) is 4.36. The fourth-order valence-electron chi connectivity index (χ4n) is 1.02. The number of carboxylic acids is 1. The number of thioether (sulfide) groups is 1. The zero-order valence-electron chi connectivity index (χ0n) is 8.41. The second kappa shape index (κ2) is 5.47. The summed E-state index contributed by atoms with van der Waals surface area (Å²) in [7, 11) is 1.54. The predicted octanol–water partition coefficient (Wildman–Crippen LogP) is 1.32. The van der Waals surface area contributed by atoms with Crippen LogP contribution in [0, 0.1) is 10.1 Å². The number of rotatable bonds is 5. The number of nitro benzene ring substituents is 1. The highest BCUT2D eigenvalue weighted by Gasteiger charge is 2.16. The van der Waals surface area contributed by atoms with Gasteiger partial charge in [0.15, 0.2) is 5.37 Å². The van der Waals surface area contributed by atoms with Gasteiger partial charge >= 0.3 is 5.97 Å². The molecule has 1 aromatic rings. The quantitative estimate of drug-likeness (QED) is 0.350. The van der Waals surface area contributed by atoms with Crippen molar-refractivity contribution in [2.24, 2.45) is 0 Å². The molecule has 1 unspecified atom stereocenters. The summed E-state index contributed by atoms with van der Waals surface area (Å²) in [5.41, 5.74) is -0.0133. The third-order valence-electron chi connectivity index (χ3n) is 1.79. The van der Waals surface area contributed by atoms with Gasteiger partial charge in [0, 0.05) is 17.0 Å². The lowest BCUT2D eigenvalue weighted by atomic mass is 10.3. The van der Waals surface area contributed by atoms with Crippen LogP contribution in [0.5, 0.6) is 0 Å². The zero-order chi connectivity index (χ0) is 12.1. The molecule has 1 aromatic carbocycles. The fraction of sp³-hybridized carbons (Fsp3) is 0.222. The van der Waals surface area contributed by atoms with Crippen LogP contribution >= 0.6 is 11.8 Å². The number of hydrogen-bond donors (Lipinski definition) is 2. The Hall–Kier alpha value is -1.60. The van der Waals surface area contributed by atoms with Crippen molar-refractivity contribution in [1.82, 2.24) is 5.32 Å². The van der Waals surface area contributed by atoms with Gasteiger partial charge in [0.05, 0.1) is 4.92 Å². The van der Waals surface area contributed by atoms with Crippen molar-refractivity contribution in [3.63, 3.8) is 0 Å². The van der Waals surface area contributed by atoms with Crippen molar-refractivity contribution in [3.8, 4) is 0 Å². The van der Waals surface area contributed by atoms with Gasteiger partial charge in [0.25, 0.3) is 5.69 Å². The molecule has 0 bridgehead atoms. The van der Waals surface area contributed by atoms with Crippen molar-refractivity contribution >= 4 is 23.4 Å². The number of nitro groups is 1. The molecule has 0 saturated heterocycles. The maximum Gasteiger partial charge on any atom is 0.331 e. The van der Waals surface area contributed by atoms with E-state index >= 15 is 0 Å². The van der Waals surface area contributed by atoms with Crippen molar-refractivity contribution < 1.29 is 14.8 Å². The normalized spacial score (nSPS) is 12.1. The Balaban J connectivity index is 2.75. The molecule has 0 heterocycles. The minimum absolute atomic E-state index is 0.0133. The summed E-state index contributed by atoms with van der Waals surface area (Å²) in [6, 6.07) is 5.74. The molecule has 0 saturated carbocycles. The van der Waals surface area contributed by atoms with Crippen LogP contribution in [0.1, 0.15) is 0 Å². The van der Waals surface area contributed by atoms with Gasteiger partial charge in [0.2, 0.25) is 0 Å². The van der Waals surface area contributed by atoms with E-state index in [2.05, 4.69) is 5.32 Å². The number of benzene rings is 1. The second-order valence-corrected chi connectivity index (χ2v) is 4.05. The lowest BCUT2D eigenvalue weighted by molar-refractivity contribution is -0.384. The van der Waals surface area contributed by atoms with E-state index in [0.29, 0.717) is 4.90 Å². The molecule has 0 aliphatic heterocycles. The van der Waals surface area contributed by atoms with Crippen molar-refractivity contribution in [2.45, 2.75) is 10.3 Å². The number of aliphatic carboxylic acids is 1. The maximum absolute atomic E-state index is 10.7. The van der Waals surface area contributed by atoms with Crippen molar-refractivity contribution in [3.05, 3.63) is 34.4 Å². The number of hydrogen-bond acceptors (Lipinski definition) is 5. The lowest BCUT2D eigenvalue weighted by Crippen LogP contribution is -2.30. The van der Waals surface area contributed by atoms with Crippen LogP contribution in [-0.2, 0) is 4.79 Å². The molecule has 1 atom stereocenters. The highest BCUT2D eigenvalue weighted by molar-refractivity contribution is 8.00. The molecule has 0 radical (unpaired) electrons. The van der Waals surface area contributed by atoms with E-state index in [1.807, 2.05) is 0 Å². The Kier molecular flexibility index (Phi) is 4.27. The van der Waals surface area contributed by atoms with E-state index in [9.17, 15) is 14.9 Å². The number of carbonyl (C=O) groups is 1. The van der Waals surface area contributed by atoms with Crippen LogP contribution in [0.15, 0.2) is 29.2 Å². The van der Waals surface area contributed by atoms with E-state index in [4.69, 9.17) is 5.11 Å². The third-order valence-corrected chi connectivity index (χ3v) is 3.01. The Bertz CT molecular complexity index is 393. The molecular formula is C9H10N2O4S. The second-order valence-electron chi connectivity index (χ2n) is 2.88. The smallest absolute Gasteiger partial charge is 0.331 e. The number of carboxylic acid groups (broad SMARTS) is 1. The average Bonchev–Trinajstić information content (AvgIpc) is 2.26. The molecule has 0 aromatic heterocycles. The molecule has 0 fully saturated rings. The number of likely N-dealkylation sites (N-methyl/N-ethyl adjacent to an activating group) is 1. The van der Waals surface area contributed by atoms with Crippen molar-refractivity contribution in [1.29, 1.82) is 0 Å². The first kappa shape index (κ1) is 12.5. The average molecular weight is 242 g/mol. The summed E-state index contributed by atoms with van der Waals surface area (Å²) >= 11 is 1.08. The van der Waals surface area contributed by atoms with Crippen LogP contribution < -0.4 is 5.32 Å². The molecule has 0 aliphatic rings. The number of nitrogens with one attached hydrogen (secondary N) is 1. The van der Waals surface area contributed by atoms with Crippen LogP contribution in [-0.4, -0.2) is 28.4 Å². The van der Waals surface area contributed by atoms with Gasteiger partial charge in [0.1, 0.15) is 0 Å². The van der Waals surface area contributed by atoms with Gasteiger partial charge in [-0.15, -0.1) is 0 Å². The summed E-state index contributed by atoms with van der Waals surface area (Å²) in [5.74, 6) is -0.981. The minimum atomic E-state index is -0.981. The van der Waals surface area contributed by atoms with E-state index < -0.39 is 16.3 Å². The molecule has 16 heavy (non-hydrogen) atoms. The van der Waals surface area contributed by atoms with Crippen LogP contribution in [0.4, 0.5) is 5.69 Å². The van der Waals surface area contributed by atoms with Gasteiger partial charge < -0.3 is 5.11 Å². The van der Waals surface area contributed by atoms with Gasteiger partial charge in [-0.3, -0.25) is 15.4 Å². The lowest BCUT2D eigenvalue weighted by Gasteiger charge is -2.09. The van der Waals surface area contributed by atoms with Gasteiger partial charge in [-0.1, -0.05) is 11.8 Å². The number of nitrogens with zero attached hydrogens (tertiary/aromatic N) is 1. The molecule has 1 rings (SSSR count). The molecule has 2 N–H and O–H groups in total. The Morgan fingerprint density at radius 2 is 2.06 bits per heavy atom. The zero-order valence-corrected chi connectivity index (χ0v) is 9.23. The molecule has 0 amide bonds. The van der Waals surface area contributed by atoms with E-state index in [0.717, 1.165) is 11.8 Å². The standard InChI is InChI=1S/C9H10N2O4S/c1-10-8(9(12)13)16-7-4-2-6(3-5-7)11(14)15/h2-5,8,10H,1H3,(H,12,13). The molecule has 0 aliphatic carbocycles. The summed E-state index contributed by atoms with van der Waals surface area (Å²) in [4.78, 5) is 21.3. The molecular weight excluding hydrogens is 232 g/mol. The highest BCUT2D eigenvalue weighted by Crippen LogP contribution is 2.24. The Labute approximate surface area is 95.8 Å². The van der Waals surface area contributed by atoms with Gasteiger partial charge in [-0.2, -0.15) is 0 Å². The maximum atomic E-state index is 10.7. The van der Waals surface area contributed by atoms with Crippen molar-refractivity contribution in [2.75, 3.05) is 7.05 Å². The van der Waals surface area contributed by atoms with Gasteiger partial charge in [-0.25, -0.2) is 4.79 Å². The van der Waals surface area contributed by atoms with Crippen LogP contribution in [0.25, 0.3) is 0 Å². The number of non-ortho nitro benzene ring substituents is 1. The van der Waals surface area contributed by atoms with Crippen LogP contribution in [0.3, 0.4) is 0 Å². The summed E-state index contributed by atoms with van der Waals surface area (Å²) < 4.78 is 0. The highest BCUT2D eigenvalue weighted by atomic mass is 32.2. The largest absolute Gasteiger partial charge is 0.479 e. The third kappa shape index (κ3) is 3.21. The minimum Gasteiger partial charge on any atom is -0.479 e. The summed E-state index contributed by atoms with van der Waals surface area (Å²) in [5, 5.41) is 21.0. The fourth-order valence-corrected chi connectivity index (χ4v) is 1.80. The molecule has 0 spiro atoms. The topological polar surface area (TPSA) is 92.5 Å². The van der Waals surface area contributed by atoms with Crippen LogP contribution in [0.2, 0.25) is 0 Å². The molecule has 86 valence electrons.